The van der Waals surface area contributed by atoms with Crippen LogP contribution in [0.2, 0.25) is 5.02 Å². The lowest BCUT2D eigenvalue weighted by molar-refractivity contribution is -0.153. The maximum absolute atomic E-state index is 13.7. The average Bonchev–Trinajstić information content (AvgIpc) is 3.03. The van der Waals surface area contributed by atoms with Crippen LogP contribution in [0.25, 0.3) is 0 Å². The number of aliphatic imine (C=N–C) groups is 1. The van der Waals surface area contributed by atoms with E-state index in [2.05, 4.69) is 36.4 Å². The summed E-state index contributed by atoms with van der Waals surface area (Å²) in [6.45, 7) is 21.6. The molecule has 0 aromatic heterocycles. The number of hydrogen-bond donors (Lipinski definition) is 2. The number of esters is 2. The van der Waals surface area contributed by atoms with E-state index in [0.29, 0.717) is 11.3 Å². The highest BCUT2D eigenvalue weighted by Crippen LogP contribution is 2.28. The number of alkyl carbamates (subject to hydrolysis) is 2. The second-order valence-corrected chi connectivity index (χ2v) is 18.3. The van der Waals surface area contributed by atoms with Crippen LogP contribution in [0.3, 0.4) is 0 Å². The van der Waals surface area contributed by atoms with E-state index < -0.39 is 40.9 Å². The monoisotopic (exact) mass is 820 g/mol. The van der Waals surface area contributed by atoms with Gasteiger partial charge in [-0.15, -0.1) is 0 Å². The van der Waals surface area contributed by atoms with Crippen molar-refractivity contribution in [2.24, 2.45) is 10.4 Å². The van der Waals surface area contributed by atoms with Gasteiger partial charge in [0.15, 0.2) is 0 Å². The first-order valence-electron chi connectivity index (χ1n) is 19.0. The SMILES string of the molecule is CC(C)(C)Cc1cccc(N(CC(=O)OC(C)(C)C)C(=O)CCc2ccc(OC(=O)c3ccc(N=C(NC(=O)OC(C)(C)C)NC(=O)OC(C)(C)C)cc3)cc2Cl)c1. The van der Waals surface area contributed by atoms with E-state index in [1.807, 2.05) is 18.2 Å². The number of anilines is 1. The molecule has 3 rings (SSSR count). The van der Waals surface area contributed by atoms with Gasteiger partial charge in [0, 0.05) is 17.1 Å². The summed E-state index contributed by atoms with van der Waals surface area (Å²) < 4.78 is 21.7. The number of ether oxygens (including phenoxy) is 4. The lowest BCUT2D eigenvalue weighted by Gasteiger charge is -2.26. The van der Waals surface area contributed by atoms with Gasteiger partial charge < -0.3 is 23.8 Å². The third-order valence-electron chi connectivity index (χ3n) is 7.39. The molecule has 0 bridgehead atoms. The number of carbonyl (C=O) groups excluding carboxylic acids is 5. The molecule has 3 amide bonds. The number of aryl methyl sites for hydroxylation is 1. The van der Waals surface area contributed by atoms with E-state index in [0.717, 1.165) is 12.0 Å². The first-order valence-corrected chi connectivity index (χ1v) is 19.3. The van der Waals surface area contributed by atoms with Gasteiger partial charge >= 0.3 is 24.1 Å². The number of benzene rings is 3. The maximum atomic E-state index is 13.7. The average molecular weight is 821 g/mol. The number of rotatable bonds is 10. The number of halogens is 1. The van der Waals surface area contributed by atoms with E-state index in [1.165, 1.54) is 35.2 Å². The molecule has 13 nitrogen and oxygen atoms in total. The Kier molecular flexibility index (Phi) is 15.7. The van der Waals surface area contributed by atoms with Crippen molar-refractivity contribution in [2.45, 2.75) is 119 Å². The third kappa shape index (κ3) is 17.4. The molecular weight excluding hydrogens is 764 g/mol. The molecule has 314 valence electrons. The molecule has 0 aliphatic rings. The van der Waals surface area contributed by atoms with Crippen LogP contribution in [-0.4, -0.2) is 59.3 Å². The van der Waals surface area contributed by atoms with Gasteiger partial charge in [-0.1, -0.05) is 50.6 Å². The van der Waals surface area contributed by atoms with Gasteiger partial charge in [-0.3, -0.25) is 20.2 Å². The molecule has 0 aliphatic heterocycles. The molecule has 58 heavy (non-hydrogen) atoms. The van der Waals surface area contributed by atoms with Gasteiger partial charge in [-0.25, -0.2) is 19.4 Å². The number of nitrogens with one attached hydrogen (secondary N) is 2. The van der Waals surface area contributed by atoms with Crippen LogP contribution in [0.15, 0.2) is 71.7 Å². The number of guanidine groups is 1. The number of hydrogen-bond acceptors (Lipinski definition) is 10. The highest BCUT2D eigenvalue weighted by Gasteiger charge is 2.25. The van der Waals surface area contributed by atoms with E-state index >= 15 is 0 Å². The lowest BCUT2D eigenvalue weighted by Crippen LogP contribution is -2.47. The molecule has 0 radical (unpaired) electrons. The molecule has 0 saturated heterocycles. The zero-order chi connectivity index (χ0) is 43.6. The molecule has 3 aromatic carbocycles. The number of nitrogens with zero attached hydrogens (tertiary/aromatic N) is 2. The highest BCUT2D eigenvalue weighted by atomic mass is 35.5. The molecule has 3 aromatic rings. The van der Waals surface area contributed by atoms with E-state index in [1.54, 1.807) is 80.5 Å². The Morgan fingerprint density at radius 1 is 0.707 bits per heavy atom. The normalized spacial score (nSPS) is 11.8. The van der Waals surface area contributed by atoms with E-state index in [-0.39, 0.29) is 58.7 Å². The molecule has 0 atom stereocenters. The van der Waals surface area contributed by atoms with Gasteiger partial charge in [0.25, 0.3) is 0 Å². The van der Waals surface area contributed by atoms with E-state index in [9.17, 15) is 24.0 Å². The Labute approximate surface area is 346 Å². The molecule has 0 spiro atoms. The Bertz CT molecular complexity index is 1950. The van der Waals surface area contributed by atoms with Gasteiger partial charge in [0.2, 0.25) is 11.9 Å². The Morgan fingerprint density at radius 3 is 1.79 bits per heavy atom. The van der Waals surface area contributed by atoms with Crippen molar-refractivity contribution in [1.82, 2.24) is 10.6 Å². The minimum atomic E-state index is -0.851. The standard InChI is InChI=1S/C44H57ClN4O9/c1-41(2,3)26-28-14-13-15-32(24-28)49(27-36(51)56-42(4,5)6)35(50)23-19-29-18-22-33(25-34(29)45)55-37(52)30-16-20-31(21-17-30)46-38(47-39(53)57-43(7,8)9)48-40(54)58-44(10,11)12/h13-18,20-22,24-25H,19,23,26-27H2,1-12H3,(H2,46,47,48,53,54). The zero-order valence-electron chi connectivity index (χ0n) is 35.6. The summed E-state index contributed by atoms with van der Waals surface area (Å²) in [6.07, 6.45) is -0.615. The van der Waals surface area contributed by atoms with Crippen molar-refractivity contribution in [2.75, 3.05) is 11.4 Å². The summed E-state index contributed by atoms with van der Waals surface area (Å²) in [6, 6.07) is 18.2. The molecule has 0 unspecified atom stereocenters. The molecule has 0 heterocycles. The van der Waals surface area contributed by atoms with Crippen LogP contribution in [0.1, 0.15) is 111 Å². The Balaban J connectivity index is 1.72. The van der Waals surface area contributed by atoms with Crippen LogP contribution >= 0.6 is 11.6 Å². The number of amides is 3. The highest BCUT2D eigenvalue weighted by molar-refractivity contribution is 6.31. The van der Waals surface area contributed by atoms with Crippen molar-refractivity contribution < 1.29 is 42.9 Å². The first kappa shape index (κ1) is 46.9. The molecular formula is C44H57ClN4O9. The quantitative estimate of drug-likeness (QED) is 0.0667. The summed E-state index contributed by atoms with van der Waals surface area (Å²) in [5.74, 6) is -1.56. The van der Waals surface area contributed by atoms with Crippen LogP contribution in [0, 0.1) is 5.41 Å². The summed E-state index contributed by atoms with van der Waals surface area (Å²) in [4.78, 5) is 70.3. The second-order valence-electron chi connectivity index (χ2n) is 17.9. The number of carbonyl (C=O) groups is 5. The first-order chi connectivity index (χ1) is 26.6. The van der Waals surface area contributed by atoms with Crippen LogP contribution < -0.4 is 20.3 Å². The van der Waals surface area contributed by atoms with Crippen LogP contribution in [0.5, 0.6) is 5.75 Å². The summed E-state index contributed by atoms with van der Waals surface area (Å²) in [5, 5.41) is 5.09. The van der Waals surface area contributed by atoms with Crippen molar-refractivity contribution in [3.05, 3.63) is 88.4 Å². The van der Waals surface area contributed by atoms with Crippen LogP contribution in [-0.2, 0) is 36.6 Å². The minimum Gasteiger partial charge on any atom is -0.459 e. The van der Waals surface area contributed by atoms with Gasteiger partial charge in [0.1, 0.15) is 29.1 Å². The third-order valence-corrected chi connectivity index (χ3v) is 7.74. The Hall–Kier alpha value is -5.43. The molecule has 0 saturated carbocycles. The zero-order valence-corrected chi connectivity index (χ0v) is 36.4. The topological polar surface area (TPSA) is 162 Å². The van der Waals surface area contributed by atoms with E-state index in [4.69, 9.17) is 30.5 Å². The predicted octanol–water partition coefficient (Wildman–Crippen LogP) is 9.49. The summed E-state index contributed by atoms with van der Waals surface area (Å²) in [7, 11) is 0. The van der Waals surface area contributed by atoms with Gasteiger partial charge in [0.05, 0.1) is 11.3 Å². The Morgan fingerprint density at radius 2 is 1.28 bits per heavy atom. The lowest BCUT2D eigenvalue weighted by atomic mass is 9.88. The fourth-order valence-electron chi connectivity index (χ4n) is 5.30. The second kappa shape index (κ2) is 19.3. The van der Waals surface area contributed by atoms with Crippen LogP contribution in [0.4, 0.5) is 21.0 Å². The van der Waals surface area contributed by atoms with Crippen molar-refractivity contribution in [1.29, 1.82) is 0 Å². The fourth-order valence-corrected chi connectivity index (χ4v) is 5.56. The molecule has 0 fully saturated rings. The van der Waals surface area contributed by atoms with Gasteiger partial charge in [-0.2, -0.15) is 0 Å². The predicted molar refractivity (Wildman–Crippen MR) is 225 cm³/mol. The molecule has 0 aliphatic carbocycles. The van der Waals surface area contributed by atoms with Gasteiger partial charge in [-0.05, 0) is 140 Å². The minimum absolute atomic E-state index is 0.0209. The molecule has 14 heteroatoms. The maximum Gasteiger partial charge on any atom is 0.414 e. The van der Waals surface area contributed by atoms with Crippen molar-refractivity contribution in [3.63, 3.8) is 0 Å². The fraction of sp³-hybridized carbons (Fsp3) is 0.455. The van der Waals surface area contributed by atoms with Crippen molar-refractivity contribution in [3.8, 4) is 5.75 Å². The largest absolute Gasteiger partial charge is 0.459 e. The van der Waals surface area contributed by atoms with Crippen molar-refractivity contribution >= 4 is 59.0 Å². The summed E-state index contributed by atoms with van der Waals surface area (Å²) in [5.41, 5.74) is 0.437. The summed E-state index contributed by atoms with van der Waals surface area (Å²) >= 11 is 6.61. The smallest absolute Gasteiger partial charge is 0.414 e. The molecule has 2 N–H and O–H groups in total.